The van der Waals surface area contributed by atoms with Crippen LogP contribution < -0.4 is 9.62 Å². The van der Waals surface area contributed by atoms with Crippen molar-refractivity contribution < 1.29 is 13.6 Å². The molecule has 0 atom stereocenters. The average Bonchev–Trinajstić information content (AvgIpc) is 2.59. The van der Waals surface area contributed by atoms with Crippen molar-refractivity contribution >= 4 is 29.2 Å². The Morgan fingerprint density at radius 2 is 2.12 bits per heavy atom. The molecule has 1 aliphatic heterocycles. The first-order valence-corrected chi connectivity index (χ1v) is 8.35. The van der Waals surface area contributed by atoms with Crippen molar-refractivity contribution in [1.82, 2.24) is 0 Å². The third kappa shape index (κ3) is 3.28. The fraction of sp³-hybridized carbons (Fsp3) is 0.167. The number of rotatable bonds is 4. The molecule has 1 heterocycles. The molecule has 0 saturated heterocycles. The summed E-state index contributed by atoms with van der Waals surface area (Å²) in [5.41, 5.74) is 2.09. The predicted molar refractivity (Wildman–Crippen MR) is 93.2 cm³/mol. The number of nitrogens with one attached hydrogen (secondary N) is 1. The van der Waals surface area contributed by atoms with Gasteiger partial charge in [-0.25, -0.2) is 8.78 Å². The van der Waals surface area contributed by atoms with Crippen LogP contribution in [0.3, 0.4) is 0 Å². The Hall–Kier alpha value is -2.34. The lowest BCUT2D eigenvalue weighted by Crippen LogP contribution is -2.34. The summed E-state index contributed by atoms with van der Waals surface area (Å²) in [7, 11) is 0. The van der Waals surface area contributed by atoms with Gasteiger partial charge in [0.15, 0.2) is 0 Å². The van der Waals surface area contributed by atoms with Gasteiger partial charge >= 0.3 is 0 Å². The molecule has 0 radical (unpaired) electrons. The van der Waals surface area contributed by atoms with Gasteiger partial charge in [0.1, 0.15) is 11.6 Å². The number of aryl methyl sites for hydroxylation is 1. The summed E-state index contributed by atoms with van der Waals surface area (Å²) < 4.78 is 29.6. The first-order chi connectivity index (χ1) is 11.6. The van der Waals surface area contributed by atoms with Crippen molar-refractivity contribution in [2.75, 3.05) is 16.2 Å². The molecule has 124 valence electrons. The quantitative estimate of drug-likeness (QED) is 0.651. The molecule has 24 heavy (non-hydrogen) atoms. The fourth-order valence-corrected chi connectivity index (χ4v) is 3.58. The highest BCUT2D eigenvalue weighted by Gasteiger charge is 2.24. The number of benzene rings is 2. The zero-order valence-corrected chi connectivity index (χ0v) is 13.7. The van der Waals surface area contributed by atoms with Gasteiger partial charge in [0.05, 0.1) is 16.3 Å². The van der Waals surface area contributed by atoms with Crippen molar-refractivity contribution in [2.24, 2.45) is 0 Å². The molecule has 2 aromatic carbocycles. The standard InChI is InChI=1S/C18H16F2N2OS/c1-2-17(23)22-10-4-6-12-5-3-7-16(18(12)22)24-21-15-9-8-13(19)11-14(15)20/h2-3,5,7-9,11,21H,1,4,6,10H2. The van der Waals surface area contributed by atoms with Crippen molar-refractivity contribution in [3.05, 3.63) is 66.3 Å². The van der Waals surface area contributed by atoms with E-state index in [4.69, 9.17) is 0 Å². The van der Waals surface area contributed by atoms with Gasteiger partial charge in [-0.2, -0.15) is 0 Å². The van der Waals surface area contributed by atoms with Crippen molar-refractivity contribution in [3.8, 4) is 0 Å². The number of anilines is 2. The van der Waals surface area contributed by atoms with Gasteiger partial charge in [-0.15, -0.1) is 0 Å². The lowest BCUT2D eigenvalue weighted by molar-refractivity contribution is -0.114. The molecule has 2 aromatic rings. The Morgan fingerprint density at radius 1 is 1.29 bits per heavy atom. The second-order valence-corrected chi connectivity index (χ2v) is 6.24. The molecule has 3 nitrogen and oxygen atoms in total. The van der Waals surface area contributed by atoms with E-state index in [0.29, 0.717) is 6.54 Å². The number of amides is 1. The first kappa shape index (κ1) is 16.5. The molecular formula is C18H16F2N2OS. The summed E-state index contributed by atoms with van der Waals surface area (Å²) in [6.45, 7) is 4.18. The maximum absolute atomic E-state index is 13.8. The van der Waals surface area contributed by atoms with Crippen LogP contribution in [-0.4, -0.2) is 12.5 Å². The van der Waals surface area contributed by atoms with Gasteiger partial charge < -0.3 is 9.62 Å². The Balaban J connectivity index is 1.89. The van der Waals surface area contributed by atoms with E-state index in [2.05, 4.69) is 11.3 Å². The first-order valence-electron chi connectivity index (χ1n) is 7.54. The molecule has 0 aliphatic carbocycles. The van der Waals surface area contributed by atoms with Crippen LogP contribution in [0.1, 0.15) is 12.0 Å². The van der Waals surface area contributed by atoms with E-state index in [1.165, 1.54) is 30.2 Å². The Morgan fingerprint density at radius 3 is 2.88 bits per heavy atom. The van der Waals surface area contributed by atoms with Crippen LogP contribution in [0.5, 0.6) is 0 Å². The largest absolute Gasteiger partial charge is 0.323 e. The fourth-order valence-electron chi connectivity index (χ4n) is 2.71. The molecule has 0 fully saturated rings. The van der Waals surface area contributed by atoms with E-state index in [0.717, 1.165) is 35.1 Å². The van der Waals surface area contributed by atoms with Crippen molar-refractivity contribution in [3.63, 3.8) is 0 Å². The zero-order chi connectivity index (χ0) is 17.1. The molecule has 1 N–H and O–H groups in total. The zero-order valence-electron chi connectivity index (χ0n) is 12.9. The second kappa shape index (κ2) is 7.05. The third-order valence-corrected chi connectivity index (χ3v) is 4.69. The Labute approximate surface area is 143 Å². The molecule has 0 aromatic heterocycles. The molecular weight excluding hydrogens is 330 g/mol. The minimum absolute atomic E-state index is 0.156. The SMILES string of the molecule is C=CC(=O)N1CCCc2cccc(SNc3ccc(F)cc3F)c21. The van der Waals surface area contributed by atoms with Crippen LogP contribution in [-0.2, 0) is 11.2 Å². The summed E-state index contributed by atoms with van der Waals surface area (Å²) in [6.07, 6.45) is 3.07. The average molecular weight is 346 g/mol. The van der Waals surface area contributed by atoms with Crippen LogP contribution in [0.15, 0.2) is 53.9 Å². The smallest absolute Gasteiger partial charge is 0.250 e. The minimum atomic E-state index is -0.661. The molecule has 0 unspecified atom stereocenters. The van der Waals surface area contributed by atoms with Crippen LogP contribution in [0.4, 0.5) is 20.2 Å². The van der Waals surface area contributed by atoms with Gasteiger partial charge in [-0.3, -0.25) is 4.79 Å². The van der Waals surface area contributed by atoms with Gasteiger partial charge in [0.25, 0.3) is 0 Å². The summed E-state index contributed by atoms with van der Waals surface area (Å²) >= 11 is 1.20. The highest BCUT2D eigenvalue weighted by molar-refractivity contribution is 8.00. The highest BCUT2D eigenvalue weighted by Crippen LogP contribution is 2.37. The van der Waals surface area contributed by atoms with Gasteiger partial charge in [0, 0.05) is 12.6 Å². The van der Waals surface area contributed by atoms with Gasteiger partial charge in [-0.05, 0) is 54.6 Å². The number of halogens is 2. The summed E-state index contributed by atoms with van der Waals surface area (Å²) in [5.74, 6) is -1.44. The summed E-state index contributed by atoms with van der Waals surface area (Å²) in [4.78, 5) is 14.6. The van der Waals surface area contributed by atoms with E-state index in [-0.39, 0.29) is 11.6 Å². The number of nitrogens with zero attached hydrogens (tertiary/aromatic N) is 1. The van der Waals surface area contributed by atoms with E-state index < -0.39 is 11.6 Å². The van der Waals surface area contributed by atoms with Crippen LogP contribution in [0, 0.1) is 11.6 Å². The number of fused-ring (bicyclic) bond motifs is 1. The molecule has 0 saturated carbocycles. The maximum atomic E-state index is 13.8. The molecule has 0 spiro atoms. The Kier molecular flexibility index (Phi) is 4.85. The topological polar surface area (TPSA) is 32.3 Å². The highest BCUT2D eigenvalue weighted by atomic mass is 32.2. The van der Waals surface area contributed by atoms with Gasteiger partial charge in [0.2, 0.25) is 5.91 Å². The third-order valence-electron chi connectivity index (χ3n) is 3.82. The molecule has 1 amide bonds. The van der Waals surface area contributed by atoms with Crippen LogP contribution >= 0.6 is 11.9 Å². The molecule has 1 aliphatic rings. The van der Waals surface area contributed by atoms with Crippen LogP contribution in [0.2, 0.25) is 0 Å². The molecule has 6 heteroatoms. The van der Waals surface area contributed by atoms with Crippen molar-refractivity contribution in [1.29, 1.82) is 0 Å². The number of hydrogen-bond acceptors (Lipinski definition) is 3. The van der Waals surface area contributed by atoms with Crippen molar-refractivity contribution in [2.45, 2.75) is 17.7 Å². The van der Waals surface area contributed by atoms with E-state index in [9.17, 15) is 13.6 Å². The van der Waals surface area contributed by atoms with E-state index in [1.807, 2.05) is 18.2 Å². The number of para-hydroxylation sites is 1. The predicted octanol–water partition coefficient (Wildman–Crippen LogP) is 4.55. The maximum Gasteiger partial charge on any atom is 0.250 e. The summed E-state index contributed by atoms with van der Waals surface area (Å²) in [5, 5.41) is 0. The minimum Gasteiger partial charge on any atom is -0.323 e. The second-order valence-electron chi connectivity index (χ2n) is 5.39. The molecule has 3 rings (SSSR count). The summed E-state index contributed by atoms with van der Waals surface area (Å²) in [6, 6.07) is 9.13. The van der Waals surface area contributed by atoms with Crippen LogP contribution in [0.25, 0.3) is 0 Å². The number of hydrogen-bond donors (Lipinski definition) is 1. The normalized spacial score (nSPS) is 13.3. The Bertz CT molecular complexity index is 795. The van der Waals surface area contributed by atoms with E-state index >= 15 is 0 Å². The molecule has 0 bridgehead atoms. The van der Waals surface area contributed by atoms with E-state index in [1.54, 1.807) is 4.90 Å². The number of carbonyl (C=O) groups is 1. The lowest BCUT2D eigenvalue weighted by atomic mass is 10.0. The monoisotopic (exact) mass is 346 g/mol. The number of carbonyl (C=O) groups excluding carboxylic acids is 1. The van der Waals surface area contributed by atoms with Gasteiger partial charge in [-0.1, -0.05) is 18.7 Å². The lowest BCUT2D eigenvalue weighted by Gasteiger charge is -2.30.